The molecule has 9 amide bonds. The first kappa shape index (κ1) is 51.4. The maximum absolute atomic E-state index is 14.9. The van der Waals surface area contributed by atoms with Gasteiger partial charge in [0.15, 0.2) is 0 Å². The molecule has 2 rings (SSSR count). The Labute approximate surface area is 353 Å². The van der Waals surface area contributed by atoms with E-state index in [1.54, 1.807) is 0 Å². The first-order valence-electron chi connectivity index (χ1n) is 18.4. The highest BCUT2D eigenvalue weighted by Gasteiger charge is 2.44. The summed E-state index contributed by atoms with van der Waals surface area (Å²) in [6, 6.07) is -12.0. The smallest absolute Gasteiger partial charge is 0.305 e. The second-order valence-corrected chi connectivity index (χ2v) is 16.3. The highest BCUT2D eigenvalue weighted by Crippen LogP contribution is 2.25. The number of rotatable bonds is 11. The van der Waals surface area contributed by atoms with Crippen molar-refractivity contribution in [3.63, 3.8) is 0 Å². The van der Waals surface area contributed by atoms with E-state index in [9.17, 15) is 82.4 Å². The number of nitrogens with two attached hydrogens (primary N) is 1. The normalized spacial score (nSPS) is 27.4. The molecule has 2 aliphatic rings. The van der Waals surface area contributed by atoms with Gasteiger partial charge in [-0.05, 0) is 19.8 Å². The summed E-state index contributed by atoms with van der Waals surface area (Å²) >= 11 is 0. The van der Waals surface area contributed by atoms with Crippen molar-refractivity contribution in [1.29, 1.82) is 0 Å². The average Bonchev–Trinajstić information content (AvgIpc) is 3.56. The third-order valence-corrected chi connectivity index (χ3v) is 11.2. The number of carboxylic acids is 3. The van der Waals surface area contributed by atoms with Crippen molar-refractivity contribution in [1.82, 2.24) is 42.1 Å². The Kier molecular flexibility index (Phi) is 20.6. The van der Waals surface area contributed by atoms with Crippen molar-refractivity contribution in [2.24, 2.45) is 5.73 Å². The molecule has 0 aliphatic carbocycles. The second kappa shape index (κ2) is 24.5. The lowest BCUT2D eigenvalue weighted by atomic mass is 10.1. The molecule has 28 heteroatoms. The van der Waals surface area contributed by atoms with Crippen LogP contribution in [0.3, 0.4) is 0 Å². The fraction of sp³-hybridized carbons (Fsp3) is 0.636. The first-order chi connectivity index (χ1) is 28.5. The van der Waals surface area contributed by atoms with Crippen LogP contribution in [0.15, 0.2) is 0 Å². The number of aliphatic hydroxyl groups is 1. The zero-order valence-electron chi connectivity index (χ0n) is 32.7. The summed E-state index contributed by atoms with van der Waals surface area (Å²) in [6.45, 7) is 0.366. The maximum atomic E-state index is 14.9. The SMILES string of the molecule is CC(=O)N[C@H]1CSSC[C@@H](C(N)=O)NC(=O)[C@H](CCC(=O)O)NC(=O)CNC(=O)[C@H]([C@@H](C)O)NC(=O)[C@H](CCC(=O)O)NC(=O)[C@@H]2C[C@H](F)CN2C(=O)[C@H](CC(=O)O)NC1=O. The number of nitrogens with zero attached hydrogens (tertiary/aromatic N) is 1. The van der Waals surface area contributed by atoms with E-state index < -0.39 is 177 Å². The summed E-state index contributed by atoms with van der Waals surface area (Å²) in [5.41, 5.74) is 5.45. The molecule has 0 saturated carbocycles. The van der Waals surface area contributed by atoms with Crippen molar-refractivity contribution in [2.75, 3.05) is 24.6 Å². The molecular weight excluding hydrogens is 862 g/mol. The number of carbonyl (C=O) groups is 12. The minimum absolute atomic E-state index is 0.303. The van der Waals surface area contributed by atoms with Gasteiger partial charge in [0.1, 0.15) is 48.5 Å². The molecule has 9 atom stereocenters. The number of carbonyl (C=O) groups excluding carboxylic acids is 9. The Bertz CT molecular complexity index is 1730. The number of fused-ring (bicyclic) bond motifs is 1. The molecule has 61 heavy (non-hydrogen) atoms. The molecule has 0 aromatic heterocycles. The van der Waals surface area contributed by atoms with Crippen LogP contribution in [0.5, 0.6) is 0 Å². The predicted molar refractivity (Wildman–Crippen MR) is 207 cm³/mol. The van der Waals surface area contributed by atoms with Gasteiger partial charge in [0.25, 0.3) is 0 Å². The number of amides is 9. The minimum atomic E-state index is -1.96. The Morgan fingerprint density at radius 3 is 1.89 bits per heavy atom. The van der Waals surface area contributed by atoms with Crippen molar-refractivity contribution in [3.8, 4) is 0 Å². The number of primary amides is 1. The largest absolute Gasteiger partial charge is 0.481 e. The van der Waals surface area contributed by atoms with Crippen LogP contribution >= 0.6 is 21.6 Å². The van der Waals surface area contributed by atoms with E-state index in [0.717, 1.165) is 35.4 Å². The molecule has 340 valence electrons. The van der Waals surface area contributed by atoms with Crippen LogP contribution in [0.2, 0.25) is 0 Å². The fourth-order valence-electron chi connectivity index (χ4n) is 5.77. The average molecular weight is 910 g/mol. The van der Waals surface area contributed by atoms with Crippen LogP contribution in [-0.4, -0.2) is 176 Å². The summed E-state index contributed by atoms with van der Waals surface area (Å²) < 4.78 is 14.9. The Balaban J connectivity index is 2.60. The van der Waals surface area contributed by atoms with E-state index >= 15 is 0 Å². The molecule has 25 nitrogen and oxygen atoms in total. The molecule has 0 radical (unpaired) electrons. The quantitative estimate of drug-likeness (QED) is 0.0860. The molecular formula is C33H48FN9O16S2. The van der Waals surface area contributed by atoms with E-state index in [-0.39, 0.29) is 11.5 Å². The predicted octanol–water partition coefficient (Wildman–Crippen LogP) is -5.56. The molecule has 0 unspecified atom stereocenters. The van der Waals surface area contributed by atoms with Crippen LogP contribution in [0.1, 0.15) is 52.4 Å². The lowest BCUT2D eigenvalue weighted by Crippen LogP contribution is -2.60. The number of hydrogen-bond acceptors (Lipinski definition) is 15. The number of nitrogens with one attached hydrogen (secondary N) is 7. The Morgan fingerprint density at radius 1 is 0.787 bits per heavy atom. The minimum Gasteiger partial charge on any atom is -0.481 e. The van der Waals surface area contributed by atoms with Crippen LogP contribution < -0.4 is 43.0 Å². The first-order valence-corrected chi connectivity index (χ1v) is 20.9. The number of halogens is 1. The molecule has 2 heterocycles. The molecule has 13 N–H and O–H groups in total. The number of hydrogen-bond donors (Lipinski definition) is 12. The van der Waals surface area contributed by atoms with Gasteiger partial charge in [-0.1, -0.05) is 21.6 Å². The molecule has 0 aromatic rings. The van der Waals surface area contributed by atoms with Gasteiger partial charge in [-0.3, -0.25) is 57.5 Å². The van der Waals surface area contributed by atoms with Gasteiger partial charge in [-0.25, -0.2) is 4.39 Å². The van der Waals surface area contributed by atoms with Crippen LogP contribution in [0.4, 0.5) is 4.39 Å². The summed E-state index contributed by atoms with van der Waals surface area (Å²) in [4.78, 5) is 153. The van der Waals surface area contributed by atoms with Gasteiger partial charge >= 0.3 is 17.9 Å². The highest BCUT2D eigenvalue weighted by atomic mass is 33.1. The van der Waals surface area contributed by atoms with Gasteiger partial charge in [-0.15, -0.1) is 0 Å². The van der Waals surface area contributed by atoms with E-state index in [4.69, 9.17) is 5.73 Å². The van der Waals surface area contributed by atoms with E-state index in [2.05, 4.69) is 37.2 Å². The third-order valence-electron chi connectivity index (χ3n) is 8.80. The van der Waals surface area contributed by atoms with E-state index in [1.807, 2.05) is 0 Å². The Morgan fingerprint density at radius 2 is 1.34 bits per heavy atom. The zero-order valence-corrected chi connectivity index (χ0v) is 34.3. The zero-order chi connectivity index (χ0) is 46.1. The van der Waals surface area contributed by atoms with Crippen molar-refractivity contribution >= 4 is 92.7 Å². The molecule has 2 saturated heterocycles. The van der Waals surface area contributed by atoms with Gasteiger partial charge in [0.2, 0.25) is 53.2 Å². The number of alkyl halides is 1. The van der Waals surface area contributed by atoms with Crippen molar-refractivity contribution in [3.05, 3.63) is 0 Å². The monoisotopic (exact) mass is 909 g/mol. The van der Waals surface area contributed by atoms with Gasteiger partial charge in [-0.2, -0.15) is 0 Å². The molecule has 0 bridgehead atoms. The lowest BCUT2D eigenvalue weighted by molar-refractivity contribution is -0.146. The van der Waals surface area contributed by atoms with Crippen molar-refractivity contribution in [2.45, 2.75) is 107 Å². The topological polar surface area (TPSA) is 399 Å². The summed E-state index contributed by atoms with van der Waals surface area (Å²) in [6.07, 6.45) is -7.99. The van der Waals surface area contributed by atoms with Crippen LogP contribution in [0.25, 0.3) is 0 Å². The third kappa shape index (κ3) is 17.4. The summed E-state index contributed by atoms with van der Waals surface area (Å²) in [7, 11) is 1.68. The molecule has 2 fully saturated rings. The Hall–Kier alpha value is -5.77. The number of aliphatic carboxylic acids is 3. The summed E-state index contributed by atoms with van der Waals surface area (Å²) in [5, 5.41) is 53.8. The second-order valence-electron chi connectivity index (χ2n) is 13.8. The highest BCUT2D eigenvalue weighted by molar-refractivity contribution is 8.76. The number of aliphatic hydroxyl groups excluding tert-OH is 1. The van der Waals surface area contributed by atoms with Gasteiger partial charge in [0.05, 0.1) is 25.6 Å². The lowest BCUT2D eigenvalue weighted by Gasteiger charge is -2.30. The molecule has 0 aromatic carbocycles. The van der Waals surface area contributed by atoms with Crippen LogP contribution in [-0.2, 0) is 57.5 Å². The van der Waals surface area contributed by atoms with E-state index in [1.165, 1.54) is 0 Å². The maximum Gasteiger partial charge on any atom is 0.305 e. The molecule has 2 aliphatic heterocycles. The van der Waals surface area contributed by atoms with Gasteiger partial charge < -0.3 is 68.3 Å². The number of carboxylic acid groups (broad SMARTS) is 3. The fourth-order valence-corrected chi connectivity index (χ4v) is 8.12. The van der Waals surface area contributed by atoms with E-state index in [0.29, 0.717) is 4.90 Å². The van der Waals surface area contributed by atoms with Crippen molar-refractivity contribution < 1.29 is 82.4 Å². The molecule has 0 spiro atoms. The summed E-state index contributed by atoms with van der Waals surface area (Å²) in [5.74, 6) is -15.1. The van der Waals surface area contributed by atoms with Crippen LogP contribution in [0, 0.1) is 0 Å². The van der Waals surface area contributed by atoms with Gasteiger partial charge in [0, 0.05) is 37.7 Å². The standard InChI is InChI=1S/C33H48FN9O16S2/c1-13(44)26-32(58)36-9-22(46)38-16(3-5-23(47)48)28(54)41-19(27(35)53)11-60-61-12-20(37-14(2)45)30(56)40-18(8-25(51)52)33(59)43-10-15(34)7-21(43)31(57)39-17(29(55)42-26)4-6-24(49)50/h13,15-21,26,44H,3-12H2,1-2H3,(H2,35,53)(H,36,58)(H,37,45)(H,38,46)(H,39,57)(H,40,56)(H,41,54)(H,42,55)(H,47,48)(H,49,50)(H,51,52)/t13-,15+,16+,17+,18+,19+,20+,21+,26+/m1/s1.